The summed E-state index contributed by atoms with van der Waals surface area (Å²) in [6, 6.07) is 9.46. The van der Waals surface area contributed by atoms with Crippen LogP contribution >= 0.6 is 0 Å². The van der Waals surface area contributed by atoms with Crippen molar-refractivity contribution >= 4 is 22.9 Å². The smallest absolute Gasteiger partial charge is 0.113 e. The van der Waals surface area contributed by atoms with Gasteiger partial charge in [0.2, 0.25) is 0 Å². The van der Waals surface area contributed by atoms with E-state index in [2.05, 4.69) is 9.98 Å². The average Bonchev–Trinajstić information content (AvgIpc) is 2.26. The number of hydrogen-bond donors (Lipinski definition) is 2. The predicted octanol–water partition coefficient (Wildman–Crippen LogP) is 1.87. The van der Waals surface area contributed by atoms with E-state index >= 15 is 0 Å². The first-order valence-corrected chi connectivity index (χ1v) is 4.17. The molecule has 2 aromatic rings. The molecule has 1 aromatic heterocycles. The number of hydroxylamine groups is 1. The Balaban J connectivity index is 2.46. The minimum Gasteiger partial charge on any atom is -0.290 e. The van der Waals surface area contributed by atoms with Gasteiger partial charge in [-0.05, 0) is 24.3 Å². The van der Waals surface area contributed by atoms with Crippen molar-refractivity contribution in [3.05, 3.63) is 36.5 Å². The Morgan fingerprint density at radius 1 is 1.36 bits per heavy atom. The van der Waals surface area contributed by atoms with Crippen LogP contribution in [0.2, 0.25) is 0 Å². The monoisotopic (exact) mass is 187 g/mol. The third kappa shape index (κ3) is 1.70. The van der Waals surface area contributed by atoms with Crippen molar-refractivity contribution in [1.82, 2.24) is 10.5 Å². The maximum Gasteiger partial charge on any atom is 0.113 e. The van der Waals surface area contributed by atoms with Gasteiger partial charge in [-0.3, -0.25) is 15.7 Å². The second-order valence-electron chi connectivity index (χ2n) is 2.77. The lowest BCUT2D eigenvalue weighted by Crippen LogP contribution is -2.00. The minimum atomic E-state index is 0.770. The number of benzene rings is 1. The third-order valence-corrected chi connectivity index (χ3v) is 1.86. The molecule has 0 unspecified atom stereocenters. The number of fused-ring (bicyclic) bond motifs is 1. The van der Waals surface area contributed by atoms with E-state index in [4.69, 9.17) is 5.21 Å². The first kappa shape index (κ1) is 8.65. The molecule has 4 heteroatoms. The van der Waals surface area contributed by atoms with Crippen molar-refractivity contribution in [2.75, 3.05) is 0 Å². The molecule has 4 nitrogen and oxygen atoms in total. The van der Waals surface area contributed by atoms with Gasteiger partial charge in [-0.2, -0.15) is 0 Å². The highest BCUT2D eigenvalue weighted by Gasteiger charge is 1.93. The van der Waals surface area contributed by atoms with Crippen molar-refractivity contribution < 1.29 is 5.21 Å². The largest absolute Gasteiger partial charge is 0.290 e. The first-order chi connectivity index (χ1) is 6.90. The molecule has 0 radical (unpaired) electrons. The molecule has 0 saturated carbocycles. The molecule has 2 rings (SSSR count). The quantitative estimate of drug-likeness (QED) is 0.428. The molecule has 0 atom stereocenters. The summed E-state index contributed by atoms with van der Waals surface area (Å²) in [6.07, 6.45) is 2.97. The molecule has 14 heavy (non-hydrogen) atoms. The van der Waals surface area contributed by atoms with Gasteiger partial charge in [-0.25, -0.2) is 4.99 Å². The highest BCUT2D eigenvalue weighted by molar-refractivity contribution is 5.82. The zero-order chi connectivity index (χ0) is 9.80. The van der Waals surface area contributed by atoms with Gasteiger partial charge in [0, 0.05) is 11.6 Å². The lowest BCUT2D eigenvalue weighted by Gasteiger charge is -1.97. The lowest BCUT2D eigenvalue weighted by atomic mass is 10.2. The number of nitrogens with zero attached hydrogens (tertiary/aromatic N) is 2. The van der Waals surface area contributed by atoms with Crippen LogP contribution in [0.1, 0.15) is 0 Å². The van der Waals surface area contributed by atoms with Gasteiger partial charge in [0.05, 0.1) is 11.2 Å². The van der Waals surface area contributed by atoms with Crippen LogP contribution in [0.5, 0.6) is 0 Å². The Hall–Kier alpha value is -1.94. The van der Waals surface area contributed by atoms with Gasteiger partial charge in [0.1, 0.15) is 6.34 Å². The van der Waals surface area contributed by atoms with Crippen molar-refractivity contribution in [3.8, 4) is 0 Å². The summed E-state index contributed by atoms with van der Waals surface area (Å²) < 4.78 is 0. The van der Waals surface area contributed by atoms with Gasteiger partial charge < -0.3 is 0 Å². The van der Waals surface area contributed by atoms with E-state index in [0.717, 1.165) is 16.6 Å². The number of pyridine rings is 1. The van der Waals surface area contributed by atoms with Crippen molar-refractivity contribution in [2.24, 2.45) is 4.99 Å². The van der Waals surface area contributed by atoms with Gasteiger partial charge >= 0.3 is 0 Å². The Labute approximate surface area is 80.9 Å². The maximum absolute atomic E-state index is 8.33. The van der Waals surface area contributed by atoms with Crippen LogP contribution in [0.3, 0.4) is 0 Å². The molecule has 0 bridgehead atoms. The summed E-state index contributed by atoms with van der Waals surface area (Å²) in [6.45, 7) is 0. The average molecular weight is 187 g/mol. The summed E-state index contributed by atoms with van der Waals surface area (Å²) in [7, 11) is 0. The molecule has 0 aliphatic carbocycles. The van der Waals surface area contributed by atoms with Gasteiger partial charge in [0.15, 0.2) is 0 Å². The zero-order valence-corrected chi connectivity index (χ0v) is 7.38. The van der Waals surface area contributed by atoms with E-state index in [-0.39, 0.29) is 0 Å². The molecule has 1 heterocycles. The molecule has 0 aliphatic rings. The topological polar surface area (TPSA) is 57.5 Å². The van der Waals surface area contributed by atoms with Crippen molar-refractivity contribution in [3.63, 3.8) is 0 Å². The fourth-order valence-corrected chi connectivity index (χ4v) is 1.25. The Morgan fingerprint density at radius 3 is 3.14 bits per heavy atom. The SMILES string of the molecule is ONC=Nc1ccc2ncccc2c1. The fraction of sp³-hybridized carbons (Fsp3) is 0. The highest BCUT2D eigenvalue weighted by Crippen LogP contribution is 2.18. The molecule has 1 aromatic carbocycles. The maximum atomic E-state index is 8.33. The molecule has 0 fully saturated rings. The van der Waals surface area contributed by atoms with Crippen molar-refractivity contribution in [2.45, 2.75) is 0 Å². The number of nitrogens with one attached hydrogen (secondary N) is 1. The summed E-state index contributed by atoms with van der Waals surface area (Å²) >= 11 is 0. The highest BCUT2D eigenvalue weighted by atomic mass is 16.5. The molecule has 0 spiro atoms. The van der Waals surface area contributed by atoms with E-state index in [1.807, 2.05) is 35.8 Å². The molecular weight excluding hydrogens is 178 g/mol. The van der Waals surface area contributed by atoms with Crippen LogP contribution in [0.4, 0.5) is 5.69 Å². The molecular formula is C10H9N3O. The van der Waals surface area contributed by atoms with E-state index in [0.29, 0.717) is 0 Å². The minimum absolute atomic E-state index is 0.770. The standard InChI is InChI=1S/C10H9N3O/c14-13-7-12-9-3-4-10-8(6-9)2-1-5-11-10/h1-7,14H,(H,12,13). The van der Waals surface area contributed by atoms with Crippen LogP contribution in [0, 0.1) is 0 Å². The number of aliphatic imine (C=N–C) groups is 1. The Morgan fingerprint density at radius 2 is 2.29 bits per heavy atom. The number of rotatable bonds is 2. The molecule has 2 N–H and O–H groups in total. The summed E-state index contributed by atoms with van der Waals surface area (Å²) in [5.74, 6) is 0. The van der Waals surface area contributed by atoms with Gasteiger partial charge in [-0.1, -0.05) is 6.07 Å². The Kier molecular flexibility index (Phi) is 2.38. The lowest BCUT2D eigenvalue weighted by molar-refractivity contribution is 0.240. The van der Waals surface area contributed by atoms with Gasteiger partial charge in [0.25, 0.3) is 0 Å². The third-order valence-electron chi connectivity index (χ3n) is 1.86. The van der Waals surface area contributed by atoms with Gasteiger partial charge in [-0.15, -0.1) is 0 Å². The zero-order valence-electron chi connectivity index (χ0n) is 7.38. The van der Waals surface area contributed by atoms with Crippen LogP contribution in [0.25, 0.3) is 10.9 Å². The summed E-state index contributed by atoms with van der Waals surface area (Å²) in [5.41, 5.74) is 3.56. The van der Waals surface area contributed by atoms with Crippen LogP contribution in [-0.2, 0) is 0 Å². The van der Waals surface area contributed by atoms with Crippen LogP contribution in [-0.4, -0.2) is 16.5 Å². The second-order valence-corrected chi connectivity index (χ2v) is 2.77. The second kappa shape index (κ2) is 3.85. The summed E-state index contributed by atoms with van der Waals surface area (Å²) in [4.78, 5) is 8.15. The number of aromatic nitrogens is 1. The van der Waals surface area contributed by atoms with E-state index in [9.17, 15) is 0 Å². The Bertz CT molecular complexity index is 468. The van der Waals surface area contributed by atoms with E-state index in [1.54, 1.807) is 6.20 Å². The first-order valence-electron chi connectivity index (χ1n) is 4.17. The predicted molar refractivity (Wildman–Crippen MR) is 54.8 cm³/mol. The van der Waals surface area contributed by atoms with Crippen molar-refractivity contribution in [1.29, 1.82) is 0 Å². The van der Waals surface area contributed by atoms with E-state index in [1.165, 1.54) is 6.34 Å². The van der Waals surface area contributed by atoms with E-state index < -0.39 is 0 Å². The summed E-state index contributed by atoms with van der Waals surface area (Å²) in [5, 5.41) is 9.36. The van der Waals surface area contributed by atoms with Crippen LogP contribution in [0.15, 0.2) is 41.5 Å². The fourth-order valence-electron chi connectivity index (χ4n) is 1.25. The normalized spacial score (nSPS) is 10.9. The van der Waals surface area contributed by atoms with Crippen LogP contribution < -0.4 is 5.48 Å². The molecule has 0 saturated heterocycles. The number of hydrogen-bond acceptors (Lipinski definition) is 3. The molecule has 70 valence electrons. The molecule has 0 aliphatic heterocycles. The molecule has 0 amide bonds.